The monoisotopic (exact) mass is 275 g/mol. The number of hydrogen-bond acceptors (Lipinski definition) is 3. The van der Waals surface area contributed by atoms with Gasteiger partial charge in [0, 0.05) is 12.7 Å². The first-order valence-electron chi connectivity index (χ1n) is 7.53. The van der Waals surface area contributed by atoms with Crippen LogP contribution in [0.2, 0.25) is 0 Å². The molecule has 0 bridgehead atoms. The Kier molecular flexibility index (Phi) is 4.76. The van der Waals surface area contributed by atoms with Crippen LogP contribution in [0.25, 0.3) is 0 Å². The number of nitrogens with two attached hydrogens (primary N) is 1. The quantitative estimate of drug-likeness (QED) is 0.917. The van der Waals surface area contributed by atoms with E-state index in [0.717, 1.165) is 25.0 Å². The van der Waals surface area contributed by atoms with Gasteiger partial charge in [-0.05, 0) is 37.8 Å². The van der Waals surface area contributed by atoms with Crippen molar-refractivity contribution in [2.45, 2.75) is 51.6 Å². The van der Waals surface area contributed by atoms with Gasteiger partial charge in [-0.1, -0.05) is 25.8 Å². The maximum atomic E-state index is 12.8. The van der Waals surface area contributed by atoms with E-state index in [1.807, 2.05) is 30.0 Å². The van der Waals surface area contributed by atoms with Crippen LogP contribution in [0.5, 0.6) is 0 Å². The second-order valence-electron chi connectivity index (χ2n) is 6.00. The molecule has 4 nitrogen and oxygen atoms in total. The van der Waals surface area contributed by atoms with Crippen molar-refractivity contribution in [2.24, 2.45) is 11.7 Å². The lowest BCUT2D eigenvalue weighted by Crippen LogP contribution is -2.57. The average molecular weight is 275 g/mol. The number of carbonyl (C=O) groups is 1. The van der Waals surface area contributed by atoms with Gasteiger partial charge >= 0.3 is 0 Å². The van der Waals surface area contributed by atoms with Gasteiger partial charge in [-0.3, -0.25) is 9.78 Å². The lowest BCUT2D eigenvalue weighted by Gasteiger charge is -2.38. The molecule has 0 aliphatic heterocycles. The molecule has 4 heteroatoms. The molecule has 0 radical (unpaired) electrons. The van der Waals surface area contributed by atoms with Crippen molar-refractivity contribution in [1.29, 1.82) is 0 Å². The molecule has 1 amide bonds. The van der Waals surface area contributed by atoms with Gasteiger partial charge in [0.05, 0.1) is 17.8 Å². The van der Waals surface area contributed by atoms with Gasteiger partial charge in [-0.25, -0.2) is 0 Å². The van der Waals surface area contributed by atoms with E-state index in [1.165, 1.54) is 6.42 Å². The van der Waals surface area contributed by atoms with Crippen molar-refractivity contribution in [3.05, 3.63) is 30.1 Å². The van der Waals surface area contributed by atoms with Crippen LogP contribution in [0, 0.1) is 5.92 Å². The van der Waals surface area contributed by atoms with E-state index in [2.05, 4.69) is 11.9 Å². The zero-order valence-corrected chi connectivity index (χ0v) is 12.5. The van der Waals surface area contributed by atoms with Gasteiger partial charge in [0.15, 0.2) is 0 Å². The molecule has 0 spiro atoms. The number of likely N-dealkylation sites (N-methyl/N-ethyl adjacent to an activating group) is 1. The SMILES string of the molecule is CCN(Cc1ccccn1)C(=O)C1(N)CCCC(C)C1. The van der Waals surface area contributed by atoms with Crippen LogP contribution in [0.3, 0.4) is 0 Å². The third kappa shape index (κ3) is 3.37. The van der Waals surface area contributed by atoms with Crippen molar-refractivity contribution in [2.75, 3.05) is 6.54 Å². The average Bonchev–Trinajstić information content (AvgIpc) is 2.45. The van der Waals surface area contributed by atoms with Crippen molar-refractivity contribution in [3.8, 4) is 0 Å². The Morgan fingerprint density at radius 3 is 2.95 bits per heavy atom. The topological polar surface area (TPSA) is 59.2 Å². The molecule has 2 atom stereocenters. The first-order chi connectivity index (χ1) is 9.55. The van der Waals surface area contributed by atoms with E-state index >= 15 is 0 Å². The summed E-state index contributed by atoms with van der Waals surface area (Å²) in [6.45, 7) is 5.39. The third-order valence-corrected chi connectivity index (χ3v) is 4.21. The Labute approximate surface area is 121 Å². The molecule has 1 heterocycles. The van der Waals surface area contributed by atoms with Gasteiger partial charge < -0.3 is 10.6 Å². The molecule has 1 aliphatic carbocycles. The molecule has 110 valence electrons. The summed E-state index contributed by atoms with van der Waals surface area (Å²) in [5.74, 6) is 0.614. The Morgan fingerprint density at radius 2 is 2.35 bits per heavy atom. The number of rotatable bonds is 4. The standard InChI is InChI=1S/C16H25N3O/c1-3-19(12-14-8-4-5-10-18-14)15(20)16(17)9-6-7-13(2)11-16/h4-5,8,10,13H,3,6-7,9,11-12,17H2,1-2H3. The van der Waals surface area contributed by atoms with E-state index in [9.17, 15) is 4.79 Å². The number of hydrogen-bond donors (Lipinski definition) is 1. The minimum Gasteiger partial charge on any atom is -0.335 e. The van der Waals surface area contributed by atoms with Crippen molar-refractivity contribution < 1.29 is 4.79 Å². The predicted octanol–water partition coefficient (Wildman–Crippen LogP) is 2.34. The van der Waals surface area contributed by atoms with Crippen LogP contribution in [0.15, 0.2) is 24.4 Å². The molecule has 2 rings (SSSR count). The zero-order chi connectivity index (χ0) is 14.6. The van der Waals surface area contributed by atoms with Gasteiger partial charge in [0.2, 0.25) is 5.91 Å². The maximum absolute atomic E-state index is 12.8. The van der Waals surface area contributed by atoms with Crippen LogP contribution in [0.1, 0.15) is 45.2 Å². The largest absolute Gasteiger partial charge is 0.335 e. The zero-order valence-electron chi connectivity index (χ0n) is 12.5. The van der Waals surface area contributed by atoms with Crippen LogP contribution in [0.4, 0.5) is 0 Å². The van der Waals surface area contributed by atoms with Crippen molar-refractivity contribution >= 4 is 5.91 Å². The number of amides is 1. The van der Waals surface area contributed by atoms with E-state index < -0.39 is 5.54 Å². The second-order valence-corrected chi connectivity index (χ2v) is 6.00. The normalized spacial score (nSPS) is 26.2. The minimum absolute atomic E-state index is 0.0807. The van der Waals surface area contributed by atoms with Gasteiger partial charge in [0.1, 0.15) is 0 Å². The van der Waals surface area contributed by atoms with E-state index in [0.29, 0.717) is 19.0 Å². The summed E-state index contributed by atoms with van der Waals surface area (Å²) in [5, 5.41) is 0. The Morgan fingerprint density at radius 1 is 1.55 bits per heavy atom. The van der Waals surface area contributed by atoms with E-state index in [4.69, 9.17) is 5.73 Å². The summed E-state index contributed by atoms with van der Waals surface area (Å²) >= 11 is 0. The molecule has 1 fully saturated rings. The summed E-state index contributed by atoms with van der Waals surface area (Å²) in [6.07, 6.45) is 5.58. The second kappa shape index (κ2) is 6.35. The molecule has 0 saturated heterocycles. The molecular formula is C16H25N3O. The Hall–Kier alpha value is -1.42. The molecule has 1 aromatic rings. The fourth-order valence-corrected chi connectivity index (χ4v) is 3.12. The van der Waals surface area contributed by atoms with Crippen molar-refractivity contribution in [1.82, 2.24) is 9.88 Å². The first kappa shape index (κ1) is 15.0. The predicted molar refractivity (Wildman–Crippen MR) is 79.9 cm³/mol. The van der Waals surface area contributed by atoms with Crippen LogP contribution in [-0.4, -0.2) is 27.9 Å². The number of aromatic nitrogens is 1. The molecule has 1 saturated carbocycles. The van der Waals surface area contributed by atoms with Gasteiger partial charge in [0.25, 0.3) is 0 Å². The lowest BCUT2D eigenvalue weighted by atomic mass is 9.76. The molecule has 20 heavy (non-hydrogen) atoms. The Bertz CT molecular complexity index is 448. The summed E-state index contributed by atoms with van der Waals surface area (Å²) < 4.78 is 0. The highest BCUT2D eigenvalue weighted by Crippen LogP contribution is 2.32. The number of nitrogens with zero attached hydrogens (tertiary/aromatic N) is 2. The highest BCUT2D eigenvalue weighted by Gasteiger charge is 2.40. The molecule has 1 aliphatic rings. The highest BCUT2D eigenvalue weighted by atomic mass is 16.2. The Balaban J connectivity index is 2.08. The van der Waals surface area contributed by atoms with E-state index in [1.54, 1.807) is 6.20 Å². The third-order valence-electron chi connectivity index (χ3n) is 4.21. The van der Waals surface area contributed by atoms with Crippen LogP contribution in [-0.2, 0) is 11.3 Å². The fraction of sp³-hybridized carbons (Fsp3) is 0.625. The van der Waals surface area contributed by atoms with Gasteiger partial charge in [-0.15, -0.1) is 0 Å². The minimum atomic E-state index is -0.678. The van der Waals surface area contributed by atoms with Gasteiger partial charge in [-0.2, -0.15) is 0 Å². The van der Waals surface area contributed by atoms with Crippen molar-refractivity contribution in [3.63, 3.8) is 0 Å². The maximum Gasteiger partial charge on any atom is 0.243 e. The summed E-state index contributed by atoms with van der Waals surface area (Å²) in [5.41, 5.74) is 6.65. The fourth-order valence-electron chi connectivity index (χ4n) is 3.12. The summed E-state index contributed by atoms with van der Waals surface area (Å²) in [4.78, 5) is 18.9. The van der Waals surface area contributed by atoms with Crippen LogP contribution >= 0.6 is 0 Å². The molecule has 2 unspecified atom stereocenters. The summed E-state index contributed by atoms with van der Waals surface area (Å²) in [6, 6.07) is 5.78. The van der Waals surface area contributed by atoms with Crippen LogP contribution < -0.4 is 5.73 Å². The van der Waals surface area contributed by atoms with E-state index in [-0.39, 0.29) is 5.91 Å². The number of pyridine rings is 1. The lowest BCUT2D eigenvalue weighted by molar-refractivity contribution is -0.139. The smallest absolute Gasteiger partial charge is 0.243 e. The molecule has 0 aromatic carbocycles. The molecule has 1 aromatic heterocycles. The first-order valence-corrected chi connectivity index (χ1v) is 7.53. The number of carbonyl (C=O) groups excluding carboxylic acids is 1. The molecular weight excluding hydrogens is 250 g/mol. The summed E-state index contributed by atoms with van der Waals surface area (Å²) in [7, 11) is 0. The highest BCUT2D eigenvalue weighted by molar-refractivity contribution is 5.86. The molecule has 2 N–H and O–H groups in total.